The molecule has 0 fully saturated rings. The molecule has 0 aliphatic rings. The van der Waals surface area contributed by atoms with Crippen molar-refractivity contribution in [1.82, 2.24) is 4.98 Å². The Balaban J connectivity index is 3.12. The van der Waals surface area contributed by atoms with Crippen molar-refractivity contribution in [3.63, 3.8) is 0 Å². The highest BCUT2D eigenvalue weighted by molar-refractivity contribution is 14.1. The molecule has 38 valence electrons. The van der Waals surface area contributed by atoms with E-state index in [1.54, 1.807) is 6.20 Å². The molecule has 0 aliphatic carbocycles. The van der Waals surface area contributed by atoms with E-state index in [1.165, 1.54) is 6.20 Å². The molecule has 0 saturated carbocycles. The molecular weight excluding hydrogens is 208 g/mol. The zero-order chi connectivity index (χ0) is 5.28. The second-order valence-electron chi connectivity index (χ2n) is 1.15. The standard InChI is InChI=1S/C4H3FIN/c5-3-1-7-2-4(3)6/h1-2,7H. The molecule has 0 bridgehead atoms. The molecule has 0 atom stereocenters. The van der Waals surface area contributed by atoms with Crippen molar-refractivity contribution in [2.75, 3.05) is 0 Å². The van der Waals surface area contributed by atoms with Gasteiger partial charge >= 0.3 is 0 Å². The first kappa shape index (κ1) is 5.08. The van der Waals surface area contributed by atoms with Gasteiger partial charge in [0.15, 0.2) is 5.82 Å². The van der Waals surface area contributed by atoms with Crippen molar-refractivity contribution in [2.24, 2.45) is 0 Å². The Kier molecular flexibility index (Phi) is 1.32. The number of halogens is 2. The lowest BCUT2D eigenvalue weighted by Crippen LogP contribution is -1.63. The van der Waals surface area contributed by atoms with Crippen molar-refractivity contribution < 1.29 is 4.39 Å². The molecule has 1 aromatic rings. The van der Waals surface area contributed by atoms with E-state index in [0.29, 0.717) is 3.57 Å². The van der Waals surface area contributed by atoms with Crippen LogP contribution in [-0.4, -0.2) is 4.98 Å². The van der Waals surface area contributed by atoms with E-state index < -0.39 is 0 Å². The van der Waals surface area contributed by atoms with Gasteiger partial charge in [-0.25, -0.2) is 4.39 Å². The Morgan fingerprint density at radius 1 is 1.57 bits per heavy atom. The van der Waals surface area contributed by atoms with Crippen LogP contribution in [0.4, 0.5) is 4.39 Å². The topological polar surface area (TPSA) is 15.8 Å². The molecule has 0 spiro atoms. The molecule has 0 saturated heterocycles. The van der Waals surface area contributed by atoms with Crippen LogP contribution in [0.15, 0.2) is 12.4 Å². The van der Waals surface area contributed by atoms with E-state index in [1.807, 2.05) is 22.6 Å². The van der Waals surface area contributed by atoms with Gasteiger partial charge in [-0.05, 0) is 22.6 Å². The predicted octanol–water partition coefficient (Wildman–Crippen LogP) is 1.76. The van der Waals surface area contributed by atoms with Gasteiger partial charge in [-0.3, -0.25) is 0 Å². The first-order chi connectivity index (χ1) is 3.30. The SMILES string of the molecule is Fc1c[nH]cc1I. The predicted molar refractivity (Wildman–Crippen MR) is 33.5 cm³/mol. The van der Waals surface area contributed by atoms with Crippen LogP contribution in [0.1, 0.15) is 0 Å². The third kappa shape index (κ3) is 0.933. The number of hydrogen-bond donors (Lipinski definition) is 1. The molecule has 1 N–H and O–H groups in total. The van der Waals surface area contributed by atoms with Crippen molar-refractivity contribution in [1.29, 1.82) is 0 Å². The quantitative estimate of drug-likeness (QED) is 0.629. The molecule has 0 aromatic carbocycles. The fourth-order valence-electron chi connectivity index (χ4n) is 0.326. The third-order valence-corrected chi connectivity index (χ3v) is 1.47. The second-order valence-corrected chi connectivity index (χ2v) is 2.31. The highest BCUT2D eigenvalue weighted by Crippen LogP contribution is 2.06. The second kappa shape index (κ2) is 1.81. The maximum Gasteiger partial charge on any atom is 0.153 e. The zero-order valence-corrected chi connectivity index (χ0v) is 5.57. The summed E-state index contributed by atoms with van der Waals surface area (Å²) in [7, 11) is 0. The van der Waals surface area contributed by atoms with E-state index in [4.69, 9.17) is 0 Å². The van der Waals surface area contributed by atoms with Crippen molar-refractivity contribution in [3.05, 3.63) is 21.8 Å². The van der Waals surface area contributed by atoms with Gasteiger partial charge in [-0.15, -0.1) is 0 Å². The smallest absolute Gasteiger partial charge is 0.153 e. The van der Waals surface area contributed by atoms with E-state index in [-0.39, 0.29) is 5.82 Å². The van der Waals surface area contributed by atoms with Crippen LogP contribution in [0.2, 0.25) is 0 Å². The molecule has 0 radical (unpaired) electrons. The number of aromatic amines is 1. The van der Waals surface area contributed by atoms with Gasteiger partial charge in [0, 0.05) is 12.4 Å². The Labute approximate surface area is 54.1 Å². The highest BCUT2D eigenvalue weighted by atomic mass is 127. The monoisotopic (exact) mass is 211 g/mol. The highest BCUT2D eigenvalue weighted by Gasteiger charge is 1.93. The maximum atomic E-state index is 12.0. The largest absolute Gasteiger partial charge is 0.364 e. The van der Waals surface area contributed by atoms with Crippen LogP contribution in [0.5, 0.6) is 0 Å². The van der Waals surface area contributed by atoms with Crippen LogP contribution in [-0.2, 0) is 0 Å². The Bertz CT molecular complexity index is 144. The Hall–Kier alpha value is -0.0600. The van der Waals surface area contributed by atoms with Crippen molar-refractivity contribution in [2.45, 2.75) is 0 Å². The van der Waals surface area contributed by atoms with E-state index in [0.717, 1.165) is 0 Å². The zero-order valence-electron chi connectivity index (χ0n) is 3.41. The van der Waals surface area contributed by atoms with Crippen LogP contribution in [0.3, 0.4) is 0 Å². The fraction of sp³-hybridized carbons (Fsp3) is 0. The van der Waals surface area contributed by atoms with Gasteiger partial charge < -0.3 is 4.98 Å². The van der Waals surface area contributed by atoms with Gasteiger partial charge in [-0.1, -0.05) is 0 Å². The van der Waals surface area contributed by atoms with Crippen LogP contribution >= 0.6 is 22.6 Å². The summed E-state index contributed by atoms with van der Waals surface area (Å²) in [6.07, 6.45) is 2.93. The lowest BCUT2D eigenvalue weighted by atomic mass is 10.6. The molecule has 1 nitrogen and oxygen atoms in total. The summed E-state index contributed by atoms with van der Waals surface area (Å²) in [4.78, 5) is 2.62. The lowest BCUT2D eigenvalue weighted by molar-refractivity contribution is 0.623. The lowest BCUT2D eigenvalue weighted by Gasteiger charge is -1.72. The molecule has 0 amide bonds. The van der Waals surface area contributed by atoms with E-state index in [2.05, 4.69) is 4.98 Å². The Morgan fingerprint density at radius 3 is 2.43 bits per heavy atom. The summed E-state index contributed by atoms with van der Waals surface area (Å²) in [6, 6.07) is 0. The molecule has 3 heteroatoms. The number of H-pyrrole nitrogens is 1. The van der Waals surface area contributed by atoms with Gasteiger partial charge in [0.05, 0.1) is 3.57 Å². The number of nitrogens with one attached hydrogen (secondary N) is 1. The number of hydrogen-bond acceptors (Lipinski definition) is 0. The van der Waals surface area contributed by atoms with Crippen molar-refractivity contribution >= 4 is 22.6 Å². The summed E-state index contributed by atoms with van der Waals surface area (Å²) in [6.45, 7) is 0. The minimum atomic E-state index is -0.180. The third-order valence-electron chi connectivity index (χ3n) is 0.648. The molecule has 0 unspecified atom stereocenters. The Morgan fingerprint density at radius 2 is 2.29 bits per heavy atom. The molecule has 1 rings (SSSR count). The van der Waals surface area contributed by atoms with Crippen LogP contribution in [0.25, 0.3) is 0 Å². The molecular formula is C4H3FIN. The maximum absolute atomic E-state index is 12.0. The fourth-order valence-corrected chi connectivity index (χ4v) is 0.661. The van der Waals surface area contributed by atoms with Gasteiger partial charge in [-0.2, -0.15) is 0 Å². The minimum absolute atomic E-state index is 0.180. The molecule has 0 aliphatic heterocycles. The summed E-state index contributed by atoms with van der Waals surface area (Å²) in [5, 5.41) is 0. The summed E-state index contributed by atoms with van der Waals surface area (Å²) in [5.74, 6) is -0.180. The van der Waals surface area contributed by atoms with E-state index in [9.17, 15) is 4.39 Å². The van der Waals surface area contributed by atoms with Gasteiger partial charge in [0.2, 0.25) is 0 Å². The van der Waals surface area contributed by atoms with Gasteiger partial charge in [0.25, 0.3) is 0 Å². The number of aromatic nitrogens is 1. The van der Waals surface area contributed by atoms with Crippen LogP contribution < -0.4 is 0 Å². The first-order valence-corrected chi connectivity index (χ1v) is 2.86. The molecule has 1 aromatic heterocycles. The van der Waals surface area contributed by atoms with Crippen LogP contribution in [0, 0.1) is 9.39 Å². The summed E-state index contributed by atoms with van der Waals surface area (Å²) in [5.41, 5.74) is 0. The summed E-state index contributed by atoms with van der Waals surface area (Å²) >= 11 is 1.91. The number of rotatable bonds is 0. The average molecular weight is 211 g/mol. The summed E-state index contributed by atoms with van der Waals surface area (Å²) < 4.78 is 12.7. The molecule has 7 heavy (non-hydrogen) atoms. The van der Waals surface area contributed by atoms with Gasteiger partial charge in [0.1, 0.15) is 0 Å². The molecule has 1 heterocycles. The van der Waals surface area contributed by atoms with Crippen molar-refractivity contribution in [3.8, 4) is 0 Å². The first-order valence-electron chi connectivity index (χ1n) is 1.78. The van der Waals surface area contributed by atoms with E-state index >= 15 is 0 Å². The minimum Gasteiger partial charge on any atom is -0.364 e. The normalized spacial score (nSPS) is 9.43. The average Bonchev–Trinajstić information content (AvgIpc) is 1.91.